The third-order valence-corrected chi connectivity index (χ3v) is 4.35. The fourth-order valence-corrected chi connectivity index (χ4v) is 2.82. The first-order valence-corrected chi connectivity index (χ1v) is 9.67. The minimum Gasteiger partial charge on any atom is -0.506 e. The van der Waals surface area contributed by atoms with E-state index >= 15 is 0 Å². The molecule has 13 heteroatoms. The van der Waals surface area contributed by atoms with E-state index in [0.717, 1.165) is 6.21 Å². The van der Waals surface area contributed by atoms with Crippen LogP contribution in [0.4, 0.5) is 0 Å². The summed E-state index contributed by atoms with van der Waals surface area (Å²) in [4.78, 5) is 33.6. The topological polar surface area (TPSA) is 162 Å². The van der Waals surface area contributed by atoms with Crippen molar-refractivity contribution in [1.29, 1.82) is 0 Å². The smallest absolute Gasteiger partial charge is 0.469 e. The van der Waals surface area contributed by atoms with Gasteiger partial charge in [-0.15, -0.1) is 0 Å². The zero-order valence-electron chi connectivity index (χ0n) is 14.1. The zero-order chi connectivity index (χ0) is 21.1. The van der Waals surface area contributed by atoms with Crippen molar-refractivity contribution in [2.45, 2.75) is 13.5 Å². The molecule has 0 unspecified atom stereocenters. The number of hydrogen-bond acceptors (Lipinski definition) is 7. The van der Waals surface area contributed by atoms with Gasteiger partial charge in [0.2, 0.25) is 0 Å². The fraction of sp³-hybridized carbons (Fsp3) is 0.133. The molecular weight excluding hydrogens is 436 g/mol. The van der Waals surface area contributed by atoms with Crippen LogP contribution in [0.25, 0.3) is 0 Å². The van der Waals surface area contributed by atoms with E-state index < -0.39 is 26.1 Å². The van der Waals surface area contributed by atoms with Crippen molar-refractivity contribution >= 4 is 43.1 Å². The molecule has 0 fully saturated rings. The number of pyridine rings is 1. The summed E-state index contributed by atoms with van der Waals surface area (Å²) < 4.78 is 15.3. The molecule has 10 nitrogen and oxygen atoms in total. The Kier molecular flexibility index (Phi) is 7.00. The molecular formula is C15H14Cl2N3O7P. The van der Waals surface area contributed by atoms with Crippen LogP contribution >= 0.6 is 31.0 Å². The van der Waals surface area contributed by atoms with Crippen LogP contribution in [0.1, 0.15) is 27.2 Å². The normalized spacial score (nSPS) is 11.8. The number of phenols is 1. The van der Waals surface area contributed by atoms with E-state index in [1.54, 1.807) is 0 Å². The highest BCUT2D eigenvalue weighted by Crippen LogP contribution is 2.37. The zero-order valence-corrected chi connectivity index (χ0v) is 16.5. The maximum Gasteiger partial charge on any atom is 0.469 e. The average molecular weight is 450 g/mol. The first kappa shape index (κ1) is 22.1. The third-order valence-electron chi connectivity index (χ3n) is 3.38. The molecule has 0 saturated carbocycles. The van der Waals surface area contributed by atoms with Gasteiger partial charge in [-0.3, -0.25) is 14.3 Å². The van der Waals surface area contributed by atoms with Crippen molar-refractivity contribution < 1.29 is 33.9 Å². The SMILES string of the molecule is Cc1ncc(COP(=O)(O)O)c(C=NNC(=O)c2cc(Cl)cc(Cl)c2O)c1O. The lowest BCUT2D eigenvalue weighted by Crippen LogP contribution is -2.18. The number of nitrogens with one attached hydrogen (secondary N) is 1. The van der Waals surface area contributed by atoms with E-state index in [-0.39, 0.29) is 38.2 Å². The van der Waals surface area contributed by atoms with E-state index in [4.69, 9.17) is 33.0 Å². The van der Waals surface area contributed by atoms with Gasteiger partial charge in [-0.1, -0.05) is 23.2 Å². The number of halogens is 2. The summed E-state index contributed by atoms with van der Waals surface area (Å²) in [6.07, 6.45) is 2.26. The number of aromatic hydroxyl groups is 2. The van der Waals surface area contributed by atoms with Gasteiger partial charge in [-0.25, -0.2) is 9.99 Å². The van der Waals surface area contributed by atoms with Gasteiger partial charge in [0.05, 0.1) is 29.1 Å². The van der Waals surface area contributed by atoms with Crippen LogP contribution in [0.5, 0.6) is 11.5 Å². The second-order valence-corrected chi connectivity index (χ2v) is 7.46. The molecule has 0 radical (unpaired) electrons. The largest absolute Gasteiger partial charge is 0.506 e. The molecule has 0 aliphatic heterocycles. The summed E-state index contributed by atoms with van der Waals surface area (Å²) in [7, 11) is -4.75. The number of carbonyl (C=O) groups is 1. The predicted octanol–water partition coefficient (Wildman–Crippen LogP) is 2.48. The summed E-state index contributed by atoms with van der Waals surface area (Å²) in [5, 5.41) is 23.6. The van der Waals surface area contributed by atoms with Gasteiger partial charge >= 0.3 is 7.82 Å². The second kappa shape index (κ2) is 8.87. The number of phosphoric ester groups is 1. The number of amides is 1. The molecule has 0 bridgehead atoms. The highest BCUT2D eigenvalue weighted by molar-refractivity contribution is 7.46. The first-order chi connectivity index (χ1) is 13.0. The van der Waals surface area contributed by atoms with Crippen molar-refractivity contribution in [1.82, 2.24) is 10.4 Å². The number of aromatic nitrogens is 1. The number of aryl methyl sites for hydroxylation is 1. The Labute approximate surface area is 168 Å². The third kappa shape index (κ3) is 5.65. The van der Waals surface area contributed by atoms with E-state index in [1.807, 2.05) is 0 Å². The number of benzene rings is 1. The Bertz CT molecular complexity index is 994. The van der Waals surface area contributed by atoms with Gasteiger partial charge in [-0.2, -0.15) is 5.10 Å². The van der Waals surface area contributed by atoms with E-state index in [2.05, 4.69) is 20.0 Å². The maximum absolute atomic E-state index is 12.1. The summed E-state index contributed by atoms with van der Waals surface area (Å²) in [5.74, 6) is -1.65. The Morgan fingerprint density at radius 3 is 2.64 bits per heavy atom. The lowest BCUT2D eigenvalue weighted by molar-refractivity contribution is 0.0952. The molecule has 1 aromatic heterocycles. The molecule has 28 heavy (non-hydrogen) atoms. The van der Waals surface area contributed by atoms with Crippen LogP contribution in [0, 0.1) is 6.92 Å². The van der Waals surface area contributed by atoms with Gasteiger partial charge < -0.3 is 20.0 Å². The quantitative estimate of drug-likeness (QED) is 0.255. The Balaban J connectivity index is 2.25. The average Bonchev–Trinajstić information content (AvgIpc) is 2.59. The van der Waals surface area contributed by atoms with Crippen molar-refractivity contribution in [2.75, 3.05) is 0 Å². The Morgan fingerprint density at radius 1 is 1.32 bits per heavy atom. The molecule has 0 aliphatic rings. The summed E-state index contributed by atoms with van der Waals surface area (Å²) in [6, 6.07) is 2.44. The van der Waals surface area contributed by atoms with Gasteiger partial charge in [0, 0.05) is 22.3 Å². The Morgan fingerprint density at radius 2 is 2.00 bits per heavy atom. The molecule has 2 rings (SSSR count). The van der Waals surface area contributed by atoms with Crippen LogP contribution in [0.15, 0.2) is 23.4 Å². The number of phosphoric acid groups is 1. The van der Waals surface area contributed by atoms with Gasteiger partial charge in [-0.05, 0) is 19.1 Å². The molecule has 150 valence electrons. The Hall–Kier alpha value is -2.20. The lowest BCUT2D eigenvalue weighted by Gasteiger charge is -2.10. The minimum atomic E-state index is -4.75. The molecule has 1 aromatic carbocycles. The van der Waals surface area contributed by atoms with Gasteiger partial charge in [0.25, 0.3) is 5.91 Å². The van der Waals surface area contributed by atoms with E-state index in [1.165, 1.54) is 25.3 Å². The van der Waals surface area contributed by atoms with E-state index in [0.29, 0.717) is 0 Å². The summed E-state index contributed by atoms with van der Waals surface area (Å²) >= 11 is 11.5. The van der Waals surface area contributed by atoms with Crippen molar-refractivity contribution in [3.63, 3.8) is 0 Å². The minimum absolute atomic E-state index is 0.0228. The molecule has 0 aliphatic carbocycles. The van der Waals surface area contributed by atoms with Crippen LogP contribution in [-0.2, 0) is 15.7 Å². The lowest BCUT2D eigenvalue weighted by atomic mass is 10.1. The monoisotopic (exact) mass is 449 g/mol. The fourth-order valence-electron chi connectivity index (χ4n) is 2.02. The van der Waals surface area contributed by atoms with Gasteiger partial charge in [0.1, 0.15) is 11.5 Å². The van der Waals surface area contributed by atoms with Crippen molar-refractivity contribution in [3.05, 3.63) is 50.8 Å². The highest BCUT2D eigenvalue weighted by atomic mass is 35.5. The molecule has 1 heterocycles. The van der Waals surface area contributed by atoms with Gasteiger partial charge in [0.15, 0.2) is 0 Å². The summed E-state index contributed by atoms with van der Waals surface area (Å²) in [6.45, 7) is 0.927. The second-order valence-electron chi connectivity index (χ2n) is 5.38. The molecule has 0 spiro atoms. The van der Waals surface area contributed by atoms with Crippen molar-refractivity contribution in [2.24, 2.45) is 5.10 Å². The highest BCUT2D eigenvalue weighted by Gasteiger charge is 2.18. The summed E-state index contributed by atoms with van der Waals surface area (Å²) in [5.41, 5.74) is 2.24. The number of rotatable bonds is 6. The van der Waals surface area contributed by atoms with Crippen LogP contribution in [0.2, 0.25) is 10.0 Å². The maximum atomic E-state index is 12.1. The molecule has 2 aromatic rings. The molecule has 0 atom stereocenters. The number of carbonyl (C=O) groups excluding carboxylic acids is 1. The number of nitrogens with zero attached hydrogens (tertiary/aromatic N) is 2. The van der Waals surface area contributed by atoms with Crippen molar-refractivity contribution in [3.8, 4) is 11.5 Å². The first-order valence-electron chi connectivity index (χ1n) is 7.38. The predicted molar refractivity (Wildman–Crippen MR) is 101 cm³/mol. The van der Waals surface area contributed by atoms with Crippen LogP contribution < -0.4 is 5.43 Å². The number of phenolic OH excluding ortho intramolecular Hbond substituents is 1. The van der Waals surface area contributed by atoms with E-state index in [9.17, 15) is 19.6 Å². The number of hydrazone groups is 1. The van der Waals surface area contributed by atoms with Crippen LogP contribution in [-0.4, -0.2) is 37.1 Å². The molecule has 1 amide bonds. The molecule has 5 N–H and O–H groups in total. The number of hydrogen-bond donors (Lipinski definition) is 5. The van der Waals surface area contributed by atoms with Crippen LogP contribution in [0.3, 0.4) is 0 Å². The standard InChI is InChI=1S/C15H14Cl2N3O7P/c1-7-13(21)11(8(4-18-7)6-27-28(24,25)26)5-19-20-15(23)10-2-9(16)3-12(17)14(10)22/h2-5,21-22H,6H2,1H3,(H,20,23)(H2,24,25,26). The molecule has 0 saturated heterocycles.